The molecule has 0 aliphatic heterocycles. The van der Waals surface area contributed by atoms with Gasteiger partial charge in [0, 0.05) is 25.7 Å². The molecule has 3 N–H and O–H groups in total. The predicted molar refractivity (Wildman–Crippen MR) is 437 cm³/mol. The summed E-state index contributed by atoms with van der Waals surface area (Å²) in [5, 5.41) is 10.7. The van der Waals surface area contributed by atoms with E-state index in [-0.39, 0.29) is 25.7 Å². The lowest BCUT2D eigenvalue weighted by atomic mass is 10.0. The maximum atomic E-state index is 13.2. The third-order valence-corrected chi connectivity index (χ3v) is 22.4. The number of phosphoric acid groups is 2. The van der Waals surface area contributed by atoms with Gasteiger partial charge in [-0.05, 0) is 31.6 Å². The van der Waals surface area contributed by atoms with Gasteiger partial charge in [0.15, 0.2) is 12.2 Å². The molecule has 630 valence electrons. The van der Waals surface area contributed by atoms with Crippen LogP contribution in [0.3, 0.4) is 0 Å². The molecule has 0 aliphatic carbocycles. The van der Waals surface area contributed by atoms with Gasteiger partial charge in [-0.3, -0.25) is 37.3 Å². The fraction of sp³-hybridized carbons (Fsp3) is 0.954. The summed E-state index contributed by atoms with van der Waals surface area (Å²) in [6.07, 6.45) is 73.8. The van der Waals surface area contributed by atoms with E-state index in [1.165, 1.54) is 295 Å². The topological polar surface area (TPSA) is 237 Å². The van der Waals surface area contributed by atoms with Crippen molar-refractivity contribution in [1.82, 2.24) is 0 Å². The number of hydrogen-bond donors (Lipinski definition) is 3. The summed E-state index contributed by atoms with van der Waals surface area (Å²) in [5.41, 5.74) is 0. The Morgan fingerprint density at radius 1 is 0.255 bits per heavy atom. The second kappa shape index (κ2) is 79.7. The van der Waals surface area contributed by atoms with Gasteiger partial charge in [-0.2, -0.15) is 0 Å². The van der Waals surface area contributed by atoms with E-state index in [0.717, 1.165) is 95.8 Å². The Morgan fingerprint density at radius 3 is 0.642 bits per heavy atom. The quantitative estimate of drug-likeness (QED) is 0.0222. The number of unbranched alkanes of at least 4 members (excludes halogenated alkanes) is 59. The Hall–Kier alpha value is -1.94. The highest BCUT2D eigenvalue weighted by Crippen LogP contribution is 2.45. The van der Waals surface area contributed by atoms with Crippen LogP contribution in [0.1, 0.15) is 471 Å². The zero-order valence-electron chi connectivity index (χ0n) is 69.6. The van der Waals surface area contributed by atoms with Crippen LogP contribution < -0.4 is 0 Å². The van der Waals surface area contributed by atoms with Crippen LogP contribution in [0.5, 0.6) is 0 Å². The molecule has 5 atom stereocenters. The van der Waals surface area contributed by atoms with Crippen molar-refractivity contribution in [2.24, 2.45) is 5.92 Å². The average Bonchev–Trinajstić information content (AvgIpc) is 0.910. The van der Waals surface area contributed by atoms with Crippen LogP contribution in [0.15, 0.2) is 0 Å². The SMILES string of the molecule is CCCCCCCCCCCCCCCCCCCCCCCC(=O)O[C@H](COC(=O)CCCCCCCCCCCCCCCCCCCCCC)COP(=O)(O)OC[C@@H](O)COP(=O)(O)OC[C@@H](COC(=O)CCCCCCCCCCC(C)C)OC(=O)CCCCCCCCCCCCCCCC. The number of aliphatic hydroxyl groups excluding tert-OH is 1. The molecule has 0 spiro atoms. The normalized spacial score (nSPS) is 13.7. The third kappa shape index (κ3) is 80.1. The van der Waals surface area contributed by atoms with Crippen LogP contribution in [-0.2, 0) is 65.4 Å². The molecule has 17 nitrogen and oxygen atoms in total. The molecule has 19 heteroatoms. The molecule has 0 heterocycles. The minimum atomic E-state index is -4.97. The minimum absolute atomic E-state index is 0.108. The van der Waals surface area contributed by atoms with Gasteiger partial charge < -0.3 is 33.8 Å². The summed E-state index contributed by atoms with van der Waals surface area (Å²) < 4.78 is 68.9. The number of phosphoric ester groups is 2. The summed E-state index contributed by atoms with van der Waals surface area (Å²) in [4.78, 5) is 73.2. The van der Waals surface area contributed by atoms with E-state index >= 15 is 0 Å². The Bertz CT molecular complexity index is 2010. The van der Waals surface area contributed by atoms with Crippen LogP contribution in [0.4, 0.5) is 0 Å². The van der Waals surface area contributed by atoms with Crippen molar-refractivity contribution in [3.05, 3.63) is 0 Å². The highest BCUT2D eigenvalue weighted by Gasteiger charge is 2.30. The maximum absolute atomic E-state index is 13.2. The molecule has 0 aliphatic rings. The first-order chi connectivity index (χ1) is 51.5. The Kier molecular flexibility index (Phi) is 78.2. The zero-order chi connectivity index (χ0) is 77.6. The van der Waals surface area contributed by atoms with Gasteiger partial charge in [-0.25, -0.2) is 9.13 Å². The van der Waals surface area contributed by atoms with E-state index in [1.807, 2.05) is 0 Å². The molecule has 0 amide bonds. The van der Waals surface area contributed by atoms with Crippen molar-refractivity contribution < 1.29 is 80.2 Å². The van der Waals surface area contributed by atoms with Gasteiger partial charge in [0.1, 0.15) is 19.3 Å². The standard InChI is InChI=1S/C87H170O17P2/c1-6-9-12-15-18-21-24-27-30-32-34-36-38-40-42-45-48-51-58-63-68-73-87(92)103-82(76-97-84(89)70-65-60-55-49-46-44-41-39-37-35-33-31-28-25-22-19-16-13-10-7-2)78-101-105(93,94)99-74-81(88)75-100-106(95,96)102-79-83(77-98-85(90)71-66-61-56-53-52-54-59-64-69-80(4)5)104-86(91)72-67-62-57-50-47-43-29-26-23-20-17-14-11-8-3/h80-83,88H,6-79H2,1-5H3,(H,93,94)(H,95,96)/t81-,82-,83-/m1/s1. The lowest BCUT2D eigenvalue weighted by Gasteiger charge is -2.21. The molecule has 0 aromatic rings. The Balaban J connectivity index is 5.22. The molecule has 0 aromatic carbocycles. The molecular formula is C87H170O17P2. The van der Waals surface area contributed by atoms with E-state index in [1.54, 1.807) is 0 Å². The van der Waals surface area contributed by atoms with E-state index in [4.69, 9.17) is 37.0 Å². The van der Waals surface area contributed by atoms with E-state index < -0.39 is 97.5 Å². The highest BCUT2D eigenvalue weighted by atomic mass is 31.2. The maximum Gasteiger partial charge on any atom is 0.472 e. The Morgan fingerprint density at radius 2 is 0.434 bits per heavy atom. The third-order valence-electron chi connectivity index (χ3n) is 20.5. The van der Waals surface area contributed by atoms with Crippen molar-refractivity contribution in [3.8, 4) is 0 Å². The van der Waals surface area contributed by atoms with Gasteiger partial charge in [0.05, 0.1) is 26.4 Å². The minimum Gasteiger partial charge on any atom is -0.462 e. The molecule has 0 saturated heterocycles. The van der Waals surface area contributed by atoms with Gasteiger partial charge >= 0.3 is 39.5 Å². The highest BCUT2D eigenvalue weighted by molar-refractivity contribution is 7.47. The van der Waals surface area contributed by atoms with Gasteiger partial charge in [0.25, 0.3) is 0 Å². The molecule has 0 saturated carbocycles. The van der Waals surface area contributed by atoms with Crippen molar-refractivity contribution in [3.63, 3.8) is 0 Å². The van der Waals surface area contributed by atoms with E-state index in [9.17, 15) is 43.2 Å². The van der Waals surface area contributed by atoms with Gasteiger partial charge in [-0.1, -0.05) is 420 Å². The predicted octanol–water partition coefficient (Wildman–Crippen LogP) is 26.8. The second-order valence-corrected chi connectivity index (χ2v) is 34.7. The average molecular weight is 1550 g/mol. The van der Waals surface area contributed by atoms with E-state index in [2.05, 4.69) is 34.6 Å². The Labute approximate surface area is 651 Å². The molecule has 0 aromatic heterocycles. The van der Waals surface area contributed by atoms with Crippen LogP contribution in [0, 0.1) is 5.92 Å². The van der Waals surface area contributed by atoms with E-state index in [0.29, 0.717) is 25.7 Å². The number of esters is 4. The number of hydrogen-bond acceptors (Lipinski definition) is 15. The first-order valence-corrected chi connectivity index (χ1v) is 48.1. The van der Waals surface area contributed by atoms with Crippen molar-refractivity contribution in [2.75, 3.05) is 39.6 Å². The largest absolute Gasteiger partial charge is 0.472 e. The van der Waals surface area contributed by atoms with Crippen LogP contribution in [0.2, 0.25) is 0 Å². The fourth-order valence-electron chi connectivity index (χ4n) is 13.6. The summed E-state index contributed by atoms with van der Waals surface area (Å²) >= 11 is 0. The molecule has 0 rings (SSSR count). The van der Waals surface area contributed by atoms with Crippen molar-refractivity contribution in [2.45, 2.75) is 490 Å². The van der Waals surface area contributed by atoms with Crippen LogP contribution in [-0.4, -0.2) is 96.7 Å². The first kappa shape index (κ1) is 104. The smallest absolute Gasteiger partial charge is 0.462 e. The first-order valence-electron chi connectivity index (χ1n) is 45.1. The number of carbonyl (C=O) groups is 4. The van der Waals surface area contributed by atoms with Gasteiger partial charge in [-0.15, -0.1) is 0 Å². The number of ether oxygens (including phenoxy) is 4. The van der Waals surface area contributed by atoms with Crippen LogP contribution in [0.25, 0.3) is 0 Å². The summed E-state index contributed by atoms with van der Waals surface area (Å²) in [5.74, 6) is -1.37. The van der Waals surface area contributed by atoms with Gasteiger partial charge in [0.2, 0.25) is 0 Å². The fourth-order valence-corrected chi connectivity index (χ4v) is 15.2. The second-order valence-electron chi connectivity index (χ2n) is 31.8. The lowest BCUT2D eigenvalue weighted by molar-refractivity contribution is -0.161. The molecule has 2 unspecified atom stereocenters. The molecule has 0 radical (unpaired) electrons. The summed E-state index contributed by atoms with van der Waals surface area (Å²) in [6, 6.07) is 0. The van der Waals surface area contributed by atoms with Crippen molar-refractivity contribution >= 4 is 39.5 Å². The number of aliphatic hydroxyl groups is 1. The molecule has 106 heavy (non-hydrogen) atoms. The monoisotopic (exact) mass is 1550 g/mol. The number of rotatable bonds is 87. The molecule has 0 fully saturated rings. The van der Waals surface area contributed by atoms with Crippen molar-refractivity contribution in [1.29, 1.82) is 0 Å². The van der Waals surface area contributed by atoms with Crippen LogP contribution >= 0.6 is 15.6 Å². The summed E-state index contributed by atoms with van der Waals surface area (Å²) in [7, 11) is -9.93. The number of carbonyl (C=O) groups excluding carboxylic acids is 4. The molecular weight excluding hydrogens is 1380 g/mol. The molecule has 0 bridgehead atoms. The zero-order valence-corrected chi connectivity index (χ0v) is 71.4. The summed E-state index contributed by atoms with van der Waals surface area (Å²) in [6.45, 7) is 7.33. The lowest BCUT2D eigenvalue weighted by Crippen LogP contribution is -2.30.